The van der Waals surface area contributed by atoms with Gasteiger partial charge in [-0.25, -0.2) is 4.68 Å². The molecule has 1 aliphatic rings. The number of imide groups is 1. The molecular formula is C35H32N4O3. The van der Waals surface area contributed by atoms with Crippen molar-refractivity contribution in [2.24, 2.45) is 0 Å². The van der Waals surface area contributed by atoms with Crippen LogP contribution in [0.5, 0.6) is 5.75 Å². The number of nitriles is 1. The molecule has 0 radical (unpaired) electrons. The van der Waals surface area contributed by atoms with E-state index in [4.69, 9.17) is 9.84 Å². The third-order valence-corrected chi connectivity index (χ3v) is 7.16. The van der Waals surface area contributed by atoms with Gasteiger partial charge in [-0.15, -0.1) is 0 Å². The molecule has 5 rings (SSSR count). The average Bonchev–Trinajstić information content (AvgIpc) is 3.40. The minimum absolute atomic E-state index is 0.0408. The van der Waals surface area contributed by atoms with Crippen LogP contribution in [-0.4, -0.2) is 32.6 Å². The molecule has 7 nitrogen and oxygen atoms in total. The highest BCUT2D eigenvalue weighted by atomic mass is 16.5. The number of carbonyl (C=O) groups excluding carboxylic acids is 2. The van der Waals surface area contributed by atoms with Gasteiger partial charge >= 0.3 is 0 Å². The summed E-state index contributed by atoms with van der Waals surface area (Å²) in [7, 11) is 0. The Labute approximate surface area is 246 Å². The molecule has 0 atom stereocenters. The Balaban J connectivity index is 1.64. The molecule has 210 valence electrons. The molecule has 0 bridgehead atoms. The number of benzene rings is 3. The lowest BCUT2D eigenvalue weighted by atomic mass is 9.92. The van der Waals surface area contributed by atoms with Crippen LogP contribution in [0.25, 0.3) is 23.0 Å². The van der Waals surface area contributed by atoms with E-state index in [1.54, 1.807) is 17.7 Å². The van der Waals surface area contributed by atoms with Crippen molar-refractivity contribution in [2.45, 2.75) is 47.3 Å². The Kier molecular flexibility index (Phi) is 7.90. The van der Waals surface area contributed by atoms with E-state index in [1.807, 2.05) is 113 Å². The van der Waals surface area contributed by atoms with Crippen LogP contribution in [0.4, 0.5) is 0 Å². The summed E-state index contributed by atoms with van der Waals surface area (Å²) in [4.78, 5) is 28.2. The first-order valence-electron chi connectivity index (χ1n) is 13.8. The zero-order valence-electron chi connectivity index (χ0n) is 24.4. The second kappa shape index (κ2) is 11.7. The zero-order valence-corrected chi connectivity index (χ0v) is 24.4. The maximum Gasteiger partial charge on any atom is 0.271 e. The lowest BCUT2D eigenvalue weighted by molar-refractivity contribution is -0.141. The van der Waals surface area contributed by atoms with Crippen molar-refractivity contribution in [1.82, 2.24) is 14.7 Å². The number of nitrogens with zero attached hydrogens (tertiary/aromatic N) is 4. The monoisotopic (exact) mass is 556 g/mol. The molecule has 1 aromatic heterocycles. The lowest BCUT2D eigenvalue weighted by Crippen LogP contribution is -2.42. The maximum atomic E-state index is 13.9. The molecule has 2 amide bonds. The van der Waals surface area contributed by atoms with Gasteiger partial charge in [-0.1, -0.05) is 48.0 Å². The minimum Gasteiger partial charge on any atom is -0.491 e. The van der Waals surface area contributed by atoms with E-state index in [2.05, 4.69) is 0 Å². The van der Waals surface area contributed by atoms with Crippen molar-refractivity contribution in [3.05, 3.63) is 118 Å². The first kappa shape index (κ1) is 28.3. The fourth-order valence-electron chi connectivity index (χ4n) is 4.92. The molecule has 42 heavy (non-hydrogen) atoms. The van der Waals surface area contributed by atoms with Crippen LogP contribution in [0, 0.1) is 25.2 Å². The predicted octanol–water partition coefficient (Wildman–Crippen LogP) is 6.74. The van der Waals surface area contributed by atoms with E-state index in [0.29, 0.717) is 16.8 Å². The van der Waals surface area contributed by atoms with Crippen LogP contribution in [0.1, 0.15) is 43.0 Å². The topological polar surface area (TPSA) is 88.2 Å². The number of hydrogen-bond acceptors (Lipinski definition) is 5. The molecule has 1 aliphatic heterocycles. The van der Waals surface area contributed by atoms with E-state index in [1.165, 1.54) is 0 Å². The van der Waals surface area contributed by atoms with Crippen LogP contribution in [0.3, 0.4) is 0 Å². The highest BCUT2D eigenvalue weighted by Gasteiger charge is 2.35. The van der Waals surface area contributed by atoms with Gasteiger partial charge in [0.25, 0.3) is 11.8 Å². The molecule has 0 saturated carbocycles. The number of ether oxygens (including phenoxy) is 1. The zero-order chi connectivity index (χ0) is 30.0. The maximum absolute atomic E-state index is 13.9. The summed E-state index contributed by atoms with van der Waals surface area (Å²) in [5.74, 6) is -0.247. The first-order chi connectivity index (χ1) is 20.2. The van der Waals surface area contributed by atoms with Crippen molar-refractivity contribution in [3.63, 3.8) is 0 Å². The van der Waals surface area contributed by atoms with E-state index >= 15 is 0 Å². The quantitative estimate of drug-likeness (QED) is 0.186. The van der Waals surface area contributed by atoms with Gasteiger partial charge in [-0.3, -0.25) is 14.5 Å². The molecule has 0 N–H and O–H groups in total. The standard InChI is InChI=1S/C35H32N4O3/c1-22(2)42-32-16-15-27(17-24(32)4)33-28(21-39(37-33)29-9-7-6-8-10-29)18-30-25(5)31(19-36)35(41)38(34(30)40)20-26-13-11-23(3)12-14-26/h6-18,21-22H,20H2,1-5H3/b30-18+. The van der Waals surface area contributed by atoms with Crippen LogP contribution >= 0.6 is 0 Å². The molecule has 0 aliphatic carbocycles. The summed E-state index contributed by atoms with van der Waals surface area (Å²) in [5.41, 5.74) is 6.47. The van der Waals surface area contributed by atoms with Crippen molar-refractivity contribution < 1.29 is 14.3 Å². The molecular weight excluding hydrogens is 524 g/mol. The van der Waals surface area contributed by atoms with Gasteiger partial charge in [0.05, 0.1) is 24.0 Å². The molecule has 0 saturated heterocycles. The van der Waals surface area contributed by atoms with Crippen molar-refractivity contribution in [2.75, 3.05) is 0 Å². The Morgan fingerprint density at radius 3 is 2.31 bits per heavy atom. The van der Waals surface area contributed by atoms with Gasteiger partial charge < -0.3 is 4.74 Å². The van der Waals surface area contributed by atoms with E-state index in [-0.39, 0.29) is 23.8 Å². The number of hydrogen-bond donors (Lipinski definition) is 0. The number of rotatable bonds is 7. The molecule has 0 fully saturated rings. The molecule has 0 unspecified atom stereocenters. The largest absolute Gasteiger partial charge is 0.491 e. The summed E-state index contributed by atoms with van der Waals surface area (Å²) < 4.78 is 7.70. The summed E-state index contributed by atoms with van der Waals surface area (Å²) in [6.45, 7) is 9.64. The van der Waals surface area contributed by atoms with E-state index in [9.17, 15) is 14.9 Å². The highest BCUT2D eigenvalue weighted by molar-refractivity contribution is 6.19. The third-order valence-electron chi connectivity index (χ3n) is 7.16. The first-order valence-corrected chi connectivity index (χ1v) is 13.8. The number of amides is 2. The number of para-hydroxylation sites is 1. The molecule has 2 heterocycles. The lowest BCUT2D eigenvalue weighted by Gasteiger charge is -2.27. The van der Waals surface area contributed by atoms with Crippen LogP contribution < -0.4 is 4.74 Å². The summed E-state index contributed by atoms with van der Waals surface area (Å²) >= 11 is 0. The Bertz CT molecular complexity index is 1770. The number of aryl methyl sites for hydroxylation is 2. The molecule has 0 spiro atoms. The van der Waals surface area contributed by atoms with Gasteiger partial charge in [0.1, 0.15) is 17.4 Å². The summed E-state index contributed by atoms with van der Waals surface area (Å²) in [6, 6.07) is 25.2. The Hall–Kier alpha value is -5.22. The fourth-order valence-corrected chi connectivity index (χ4v) is 4.92. The number of aromatic nitrogens is 2. The molecule has 3 aromatic carbocycles. The normalized spacial score (nSPS) is 14.6. The van der Waals surface area contributed by atoms with Gasteiger partial charge in [0.15, 0.2) is 0 Å². The molecule has 4 aromatic rings. The van der Waals surface area contributed by atoms with Gasteiger partial charge in [-0.2, -0.15) is 10.4 Å². The van der Waals surface area contributed by atoms with Gasteiger partial charge in [0.2, 0.25) is 0 Å². The Morgan fingerprint density at radius 1 is 0.952 bits per heavy atom. The minimum atomic E-state index is -0.589. The number of carbonyl (C=O) groups is 2. The van der Waals surface area contributed by atoms with E-state index < -0.39 is 11.8 Å². The Morgan fingerprint density at radius 2 is 1.67 bits per heavy atom. The average molecular weight is 557 g/mol. The van der Waals surface area contributed by atoms with Crippen molar-refractivity contribution in [1.29, 1.82) is 5.26 Å². The van der Waals surface area contributed by atoms with Crippen LogP contribution in [0.2, 0.25) is 0 Å². The highest BCUT2D eigenvalue weighted by Crippen LogP contribution is 2.33. The smallest absolute Gasteiger partial charge is 0.271 e. The van der Waals surface area contributed by atoms with Crippen LogP contribution in [0.15, 0.2) is 95.7 Å². The SMILES string of the molecule is CC1=C(C#N)C(=O)N(Cc2ccc(C)cc2)C(=O)/C1=C/c1cn(-c2ccccc2)nc1-c1ccc(OC(C)C)c(C)c1. The fraction of sp³-hybridized carbons (Fsp3) is 0.200. The third kappa shape index (κ3) is 5.65. The van der Waals surface area contributed by atoms with E-state index in [0.717, 1.165) is 38.6 Å². The van der Waals surface area contributed by atoms with Crippen molar-refractivity contribution in [3.8, 4) is 28.8 Å². The van der Waals surface area contributed by atoms with Gasteiger partial charge in [-0.05, 0) is 87.7 Å². The second-order valence-electron chi connectivity index (χ2n) is 10.7. The van der Waals surface area contributed by atoms with Gasteiger partial charge in [0, 0.05) is 22.9 Å². The van der Waals surface area contributed by atoms with Crippen LogP contribution in [-0.2, 0) is 16.1 Å². The predicted molar refractivity (Wildman–Crippen MR) is 163 cm³/mol. The second-order valence-corrected chi connectivity index (χ2v) is 10.7. The summed E-state index contributed by atoms with van der Waals surface area (Å²) in [6.07, 6.45) is 3.64. The van der Waals surface area contributed by atoms with Crippen molar-refractivity contribution >= 4 is 17.9 Å². The molecule has 7 heteroatoms. The summed E-state index contributed by atoms with van der Waals surface area (Å²) in [5, 5.41) is 14.8.